The van der Waals surface area contributed by atoms with Crippen LogP contribution in [-0.2, 0) is 24.3 Å². The van der Waals surface area contributed by atoms with E-state index in [9.17, 15) is 18.0 Å². The van der Waals surface area contributed by atoms with E-state index in [1.165, 1.54) is 31.2 Å². The van der Waals surface area contributed by atoms with Crippen LogP contribution in [0.5, 0.6) is 0 Å². The van der Waals surface area contributed by atoms with Crippen molar-refractivity contribution < 1.29 is 22.7 Å². The summed E-state index contributed by atoms with van der Waals surface area (Å²) in [5.41, 5.74) is 0. The molecule has 0 aliphatic carbocycles. The molecule has 0 saturated heterocycles. The van der Waals surface area contributed by atoms with Gasteiger partial charge in [0.25, 0.3) is 0 Å². The standard InChI is InChI=1S/C13H17ClN2O5S/c1-10(17)15-8-9-21-13(18)6-7-16-22(19,20)12-4-2-11(14)3-5-12/h2-5,16H,6-9H2,1H3,(H,15,17). The van der Waals surface area contributed by atoms with Crippen LogP contribution in [0.25, 0.3) is 0 Å². The number of hydrogen-bond donors (Lipinski definition) is 2. The molecule has 0 fully saturated rings. The molecule has 0 aromatic heterocycles. The fourth-order valence-electron chi connectivity index (χ4n) is 1.45. The summed E-state index contributed by atoms with van der Waals surface area (Å²) in [6, 6.07) is 5.67. The first-order chi connectivity index (χ1) is 10.3. The monoisotopic (exact) mass is 348 g/mol. The van der Waals surface area contributed by atoms with Gasteiger partial charge < -0.3 is 10.1 Å². The van der Waals surface area contributed by atoms with E-state index in [-0.39, 0.29) is 36.9 Å². The molecular weight excluding hydrogens is 332 g/mol. The number of carbonyl (C=O) groups is 2. The van der Waals surface area contributed by atoms with Gasteiger partial charge in [-0.25, -0.2) is 13.1 Å². The van der Waals surface area contributed by atoms with Crippen molar-refractivity contribution in [3.8, 4) is 0 Å². The molecule has 7 nitrogen and oxygen atoms in total. The quantitative estimate of drug-likeness (QED) is 0.531. The Labute approximate surface area is 134 Å². The number of rotatable bonds is 8. The molecule has 0 bridgehead atoms. The highest BCUT2D eigenvalue weighted by Gasteiger charge is 2.14. The van der Waals surface area contributed by atoms with Gasteiger partial charge >= 0.3 is 5.97 Å². The molecule has 0 heterocycles. The lowest BCUT2D eigenvalue weighted by molar-refractivity contribution is -0.143. The van der Waals surface area contributed by atoms with Crippen molar-refractivity contribution in [2.45, 2.75) is 18.2 Å². The second-order valence-electron chi connectivity index (χ2n) is 4.31. The molecule has 2 N–H and O–H groups in total. The molecule has 122 valence electrons. The minimum Gasteiger partial charge on any atom is -0.464 e. The highest BCUT2D eigenvalue weighted by molar-refractivity contribution is 7.89. The summed E-state index contributed by atoms with van der Waals surface area (Å²) in [7, 11) is -3.68. The summed E-state index contributed by atoms with van der Waals surface area (Å²) in [5.74, 6) is -0.768. The highest BCUT2D eigenvalue weighted by Crippen LogP contribution is 2.13. The molecule has 0 aliphatic rings. The van der Waals surface area contributed by atoms with Crippen molar-refractivity contribution in [3.63, 3.8) is 0 Å². The number of benzene rings is 1. The molecule has 0 saturated carbocycles. The smallest absolute Gasteiger partial charge is 0.307 e. The number of amides is 1. The Balaban J connectivity index is 2.32. The first kappa shape index (κ1) is 18.4. The fraction of sp³-hybridized carbons (Fsp3) is 0.385. The van der Waals surface area contributed by atoms with Crippen LogP contribution in [0.4, 0.5) is 0 Å². The molecule has 0 atom stereocenters. The van der Waals surface area contributed by atoms with Gasteiger partial charge in [-0.2, -0.15) is 0 Å². The third-order valence-electron chi connectivity index (χ3n) is 2.48. The number of ether oxygens (including phenoxy) is 1. The zero-order valence-corrected chi connectivity index (χ0v) is 13.5. The molecule has 22 heavy (non-hydrogen) atoms. The van der Waals surface area contributed by atoms with E-state index in [0.717, 1.165) is 0 Å². The molecule has 1 aromatic carbocycles. The van der Waals surface area contributed by atoms with Crippen LogP contribution in [0.2, 0.25) is 5.02 Å². The average Bonchev–Trinajstić information content (AvgIpc) is 2.43. The first-order valence-electron chi connectivity index (χ1n) is 6.46. The van der Waals surface area contributed by atoms with Gasteiger partial charge in [0, 0.05) is 18.5 Å². The molecule has 1 aromatic rings. The Morgan fingerprint density at radius 2 is 1.82 bits per heavy atom. The van der Waals surface area contributed by atoms with Crippen LogP contribution in [0.1, 0.15) is 13.3 Å². The summed E-state index contributed by atoms with van der Waals surface area (Å²) in [6.07, 6.45) is -0.104. The Bertz CT molecular complexity index is 616. The summed E-state index contributed by atoms with van der Waals surface area (Å²) in [6.45, 7) is 1.54. The third kappa shape index (κ3) is 6.88. The molecular formula is C13H17ClN2O5S. The number of hydrogen-bond acceptors (Lipinski definition) is 5. The van der Waals surface area contributed by atoms with Crippen molar-refractivity contribution in [2.24, 2.45) is 0 Å². The number of carbonyl (C=O) groups excluding carboxylic acids is 2. The maximum Gasteiger partial charge on any atom is 0.307 e. The first-order valence-corrected chi connectivity index (χ1v) is 8.32. The van der Waals surface area contributed by atoms with Crippen LogP contribution in [0.3, 0.4) is 0 Å². The predicted octanol–water partition coefficient (Wildman–Crippen LogP) is 0.688. The number of esters is 1. The topological polar surface area (TPSA) is 102 Å². The van der Waals surface area contributed by atoms with E-state index in [1.807, 2.05) is 0 Å². The maximum atomic E-state index is 11.9. The molecule has 9 heteroatoms. The molecule has 1 amide bonds. The van der Waals surface area contributed by atoms with Crippen molar-refractivity contribution in [1.29, 1.82) is 0 Å². The number of halogens is 1. The molecule has 0 unspecified atom stereocenters. The molecule has 0 radical (unpaired) electrons. The minimum atomic E-state index is -3.68. The van der Waals surface area contributed by atoms with Gasteiger partial charge in [0.05, 0.1) is 17.9 Å². The third-order valence-corrected chi connectivity index (χ3v) is 4.21. The normalized spacial score (nSPS) is 11.0. The summed E-state index contributed by atoms with van der Waals surface area (Å²) >= 11 is 5.69. The van der Waals surface area contributed by atoms with Gasteiger partial charge in [-0.05, 0) is 24.3 Å². The van der Waals surface area contributed by atoms with Crippen LogP contribution in [0, 0.1) is 0 Å². The van der Waals surface area contributed by atoms with Gasteiger partial charge in [-0.1, -0.05) is 11.6 Å². The van der Waals surface area contributed by atoms with Crippen molar-refractivity contribution >= 4 is 33.5 Å². The lowest BCUT2D eigenvalue weighted by Gasteiger charge is -2.07. The minimum absolute atomic E-state index is 0.0440. The Morgan fingerprint density at radius 1 is 1.18 bits per heavy atom. The van der Waals surface area contributed by atoms with Crippen LogP contribution in [0.15, 0.2) is 29.2 Å². The SMILES string of the molecule is CC(=O)NCCOC(=O)CCNS(=O)(=O)c1ccc(Cl)cc1. The zero-order chi connectivity index (χ0) is 16.6. The largest absolute Gasteiger partial charge is 0.464 e. The van der Waals surface area contributed by atoms with Crippen molar-refractivity contribution in [1.82, 2.24) is 10.0 Å². The second kappa shape index (κ2) is 8.72. The van der Waals surface area contributed by atoms with Crippen molar-refractivity contribution in [2.75, 3.05) is 19.7 Å². The van der Waals surface area contributed by atoms with Crippen LogP contribution < -0.4 is 10.0 Å². The average molecular weight is 349 g/mol. The second-order valence-corrected chi connectivity index (χ2v) is 6.51. The maximum absolute atomic E-state index is 11.9. The van der Waals surface area contributed by atoms with E-state index in [1.54, 1.807) is 0 Å². The van der Waals surface area contributed by atoms with Crippen LogP contribution >= 0.6 is 11.6 Å². The van der Waals surface area contributed by atoms with E-state index in [0.29, 0.717) is 5.02 Å². The van der Waals surface area contributed by atoms with Gasteiger partial charge in [0.2, 0.25) is 15.9 Å². The predicted molar refractivity (Wildman–Crippen MR) is 80.9 cm³/mol. The lowest BCUT2D eigenvalue weighted by atomic mass is 10.4. The number of nitrogens with one attached hydrogen (secondary N) is 2. The Hall–Kier alpha value is -1.64. The van der Waals surface area contributed by atoms with E-state index < -0.39 is 16.0 Å². The van der Waals surface area contributed by atoms with E-state index in [4.69, 9.17) is 16.3 Å². The highest BCUT2D eigenvalue weighted by atomic mass is 35.5. The van der Waals surface area contributed by atoms with E-state index >= 15 is 0 Å². The van der Waals surface area contributed by atoms with E-state index in [2.05, 4.69) is 10.0 Å². The Morgan fingerprint density at radius 3 is 2.41 bits per heavy atom. The number of sulfonamides is 1. The summed E-state index contributed by atoms with van der Waals surface area (Å²) in [4.78, 5) is 22.0. The molecule has 0 spiro atoms. The van der Waals surface area contributed by atoms with Gasteiger partial charge in [-0.15, -0.1) is 0 Å². The van der Waals surface area contributed by atoms with Gasteiger partial charge in [0.15, 0.2) is 0 Å². The molecule has 1 rings (SSSR count). The Kier molecular flexibility index (Phi) is 7.30. The van der Waals surface area contributed by atoms with Gasteiger partial charge in [0.1, 0.15) is 6.61 Å². The zero-order valence-electron chi connectivity index (χ0n) is 12.0. The summed E-state index contributed by atoms with van der Waals surface area (Å²) < 4.78 is 30.9. The molecule has 0 aliphatic heterocycles. The summed E-state index contributed by atoms with van der Waals surface area (Å²) in [5, 5.41) is 2.90. The van der Waals surface area contributed by atoms with Gasteiger partial charge in [-0.3, -0.25) is 9.59 Å². The van der Waals surface area contributed by atoms with Crippen molar-refractivity contribution in [3.05, 3.63) is 29.3 Å². The van der Waals surface area contributed by atoms with Crippen LogP contribution in [-0.4, -0.2) is 40.0 Å². The fourth-order valence-corrected chi connectivity index (χ4v) is 2.61. The lowest BCUT2D eigenvalue weighted by Crippen LogP contribution is -2.28.